The molecule has 0 bridgehead atoms. The Bertz CT molecular complexity index is 402. The first kappa shape index (κ1) is 19.9. The number of rotatable bonds is 5. The van der Waals surface area contributed by atoms with Crippen LogP contribution in [0.25, 0.3) is 0 Å². The lowest BCUT2D eigenvalue weighted by Gasteiger charge is -2.43. The zero-order valence-corrected chi connectivity index (χ0v) is 14.7. The molecule has 7 nitrogen and oxygen atoms in total. The van der Waals surface area contributed by atoms with Gasteiger partial charge in [0.25, 0.3) is 0 Å². The van der Waals surface area contributed by atoms with E-state index < -0.39 is 54.1 Å². The fourth-order valence-electron chi connectivity index (χ4n) is 2.73. The number of aliphatic hydroxyl groups excluding tert-OH is 4. The Labute approximate surface area is 149 Å². The highest BCUT2D eigenvalue weighted by atomic mass is 35.5. The maximum atomic E-state index is 10.2. The fraction of sp³-hybridized carbons (Fsp3) is 1.00. The number of ether oxygens (including phenoxy) is 3. The van der Waals surface area contributed by atoms with E-state index in [-0.39, 0.29) is 11.8 Å². The summed E-state index contributed by atoms with van der Waals surface area (Å²) in [5.74, 6) is -2.25. The monoisotopic (exact) mass is 394 g/mol. The van der Waals surface area contributed by atoms with Gasteiger partial charge in [-0.05, 0) is 6.42 Å². The van der Waals surface area contributed by atoms with E-state index in [9.17, 15) is 20.4 Å². The molecule has 2 fully saturated rings. The molecule has 9 atom stereocenters. The highest BCUT2D eigenvalue weighted by molar-refractivity contribution is 6.21. The molecule has 0 aromatic carbocycles. The van der Waals surface area contributed by atoms with Crippen LogP contribution in [0, 0.1) is 0 Å². The number of aliphatic hydroxyl groups is 4. The SMILES string of the molecule is CCC1OC(OC2(CCl)OC(CCl)C(O)C2O)C(O)C(O)C1Cl. The van der Waals surface area contributed by atoms with Gasteiger partial charge in [0.2, 0.25) is 5.79 Å². The lowest BCUT2D eigenvalue weighted by atomic mass is 9.99. The summed E-state index contributed by atoms with van der Waals surface area (Å²) in [6.45, 7) is 1.80. The first-order valence-electron chi connectivity index (χ1n) is 7.30. The van der Waals surface area contributed by atoms with Gasteiger partial charge in [0.05, 0.1) is 23.2 Å². The van der Waals surface area contributed by atoms with Crippen molar-refractivity contribution in [1.82, 2.24) is 0 Å². The molecule has 0 radical (unpaired) electrons. The molecule has 2 saturated heterocycles. The van der Waals surface area contributed by atoms with Gasteiger partial charge in [-0.3, -0.25) is 0 Å². The van der Waals surface area contributed by atoms with Gasteiger partial charge in [-0.1, -0.05) is 6.92 Å². The molecule has 23 heavy (non-hydrogen) atoms. The molecule has 9 unspecified atom stereocenters. The summed E-state index contributed by atoms with van der Waals surface area (Å²) in [5, 5.41) is 39.5. The van der Waals surface area contributed by atoms with E-state index in [1.165, 1.54) is 0 Å². The zero-order valence-electron chi connectivity index (χ0n) is 12.4. The molecular weight excluding hydrogens is 374 g/mol. The Kier molecular flexibility index (Phi) is 6.81. The standard InChI is InChI=1S/C13H21Cl3O7/c1-2-5-7(16)9(18)10(19)12(21-5)23-13(4-15)11(20)8(17)6(3-14)22-13/h5-12,17-20H,2-4H2,1H3. The van der Waals surface area contributed by atoms with Crippen LogP contribution in [0.2, 0.25) is 0 Å². The zero-order chi connectivity index (χ0) is 17.4. The number of halogens is 3. The lowest BCUT2D eigenvalue weighted by Crippen LogP contribution is -2.60. The molecule has 0 saturated carbocycles. The smallest absolute Gasteiger partial charge is 0.214 e. The van der Waals surface area contributed by atoms with Gasteiger partial charge in [0.1, 0.15) is 30.5 Å². The number of alkyl halides is 3. The third kappa shape index (κ3) is 3.60. The second-order valence-electron chi connectivity index (χ2n) is 5.69. The second kappa shape index (κ2) is 7.86. The minimum atomic E-state index is -1.82. The van der Waals surface area contributed by atoms with E-state index in [0.29, 0.717) is 6.42 Å². The van der Waals surface area contributed by atoms with Crippen LogP contribution in [0.3, 0.4) is 0 Å². The first-order valence-corrected chi connectivity index (χ1v) is 8.81. The molecule has 10 heteroatoms. The van der Waals surface area contributed by atoms with Crippen molar-refractivity contribution >= 4 is 34.8 Å². The van der Waals surface area contributed by atoms with Crippen LogP contribution in [-0.2, 0) is 14.2 Å². The van der Waals surface area contributed by atoms with E-state index in [1.807, 2.05) is 0 Å². The van der Waals surface area contributed by atoms with Crippen LogP contribution >= 0.6 is 34.8 Å². The molecule has 2 rings (SSSR count). The molecule has 4 N–H and O–H groups in total. The van der Waals surface area contributed by atoms with E-state index in [0.717, 1.165) is 0 Å². The number of hydrogen-bond acceptors (Lipinski definition) is 7. The van der Waals surface area contributed by atoms with Crippen molar-refractivity contribution in [2.75, 3.05) is 11.8 Å². The topological polar surface area (TPSA) is 109 Å². The molecular formula is C13H21Cl3O7. The maximum absolute atomic E-state index is 10.2. The average molecular weight is 396 g/mol. The fourth-order valence-corrected chi connectivity index (χ4v) is 3.65. The Balaban J connectivity index is 2.18. The Hall–Kier alpha value is 0.590. The van der Waals surface area contributed by atoms with E-state index in [2.05, 4.69) is 0 Å². The van der Waals surface area contributed by atoms with Crippen molar-refractivity contribution in [2.24, 2.45) is 0 Å². The highest BCUT2D eigenvalue weighted by Crippen LogP contribution is 2.38. The molecule has 0 aromatic heterocycles. The quantitative estimate of drug-likeness (QED) is 0.476. The van der Waals surface area contributed by atoms with Crippen molar-refractivity contribution < 1.29 is 34.6 Å². The molecule has 2 aliphatic rings. The number of hydrogen-bond donors (Lipinski definition) is 4. The molecule has 2 aliphatic heterocycles. The van der Waals surface area contributed by atoms with E-state index in [4.69, 9.17) is 49.0 Å². The van der Waals surface area contributed by atoms with Crippen LogP contribution in [0.4, 0.5) is 0 Å². The Morgan fingerprint density at radius 2 is 1.70 bits per heavy atom. The summed E-state index contributed by atoms with van der Waals surface area (Å²) in [7, 11) is 0. The summed E-state index contributed by atoms with van der Waals surface area (Å²) in [6.07, 6.45) is -7.88. The summed E-state index contributed by atoms with van der Waals surface area (Å²) in [6, 6.07) is 0. The van der Waals surface area contributed by atoms with Gasteiger partial charge < -0.3 is 34.6 Å². The molecule has 0 amide bonds. The predicted molar refractivity (Wildman–Crippen MR) is 82.7 cm³/mol. The minimum Gasteiger partial charge on any atom is -0.389 e. The summed E-state index contributed by atoms with van der Waals surface area (Å²) in [4.78, 5) is 0. The summed E-state index contributed by atoms with van der Waals surface area (Å²) >= 11 is 17.6. The van der Waals surface area contributed by atoms with Gasteiger partial charge >= 0.3 is 0 Å². The van der Waals surface area contributed by atoms with Crippen LogP contribution in [0.15, 0.2) is 0 Å². The second-order valence-corrected chi connectivity index (χ2v) is 6.77. The summed E-state index contributed by atoms with van der Waals surface area (Å²) in [5.41, 5.74) is 0. The highest BCUT2D eigenvalue weighted by Gasteiger charge is 2.57. The normalized spacial score (nSPS) is 51.1. The van der Waals surface area contributed by atoms with Crippen molar-refractivity contribution in [1.29, 1.82) is 0 Å². The lowest BCUT2D eigenvalue weighted by molar-refractivity contribution is -0.356. The van der Waals surface area contributed by atoms with Gasteiger partial charge in [-0.25, -0.2) is 0 Å². The van der Waals surface area contributed by atoms with Crippen LogP contribution < -0.4 is 0 Å². The third-order valence-electron chi connectivity index (χ3n) is 4.18. The van der Waals surface area contributed by atoms with E-state index in [1.54, 1.807) is 6.92 Å². The molecule has 2 heterocycles. The van der Waals surface area contributed by atoms with Crippen molar-refractivity contribution in [3.8, 4) is 0 Å². The van der Waals surface area contributed by atoms with Gasteiger partial charge in [-0.15, -0.1) is 34.8 Å². The molecule has 0 aromatic rings. The summed E-state index contributed by atoms with van der Waals surface area (Å²) < 4.78 is 16.6. The third-order valence-corrected chi connectivity index (χ3v) is 5.40. The van der Waals surface area contributed by atoms with Crippen molar-refractivity contribution in [3.63, 3.8) is 0 Å². The Morgan fingerprint density at radius 1 is 1.04 bits per heavy atom. The largest absolute Gasteiger partial charge is 0.389 e. The molecule has 0 spiro atoms. The van der Waals surface area contributed by atoms with Crippen LogP contribution in [-0.4, -0.2) is 86.3 Å². The van der Waals surface area contributed by atoms with Crippen LogP contribution in [0.5, 0.6) is 0 Å². The Morgan fingerprint density at radius 3 is 2.17 bits per heavy atom. The average Bonchev–Trinajstić information content (AvgIpc) is 2.80. The van der Waals surface area contributed by atoms with Crippen molar-refractivity contribution in [3.05, 3.63) is 0 Å². The molecule has 136 valence electrons. The van der Waals surface area contributed by atoms with Crippen molar-refractivity contribution in [2.45, 2.75) is 67.4 Å². The van der Waals surface area contributed by atoms with Gasteiger partial charge in [0.15, 0.2) is 6.29 Å². The van der Waals surface area contributed by atoms with Gasteiger partial charge in [-0.2, -0.15) is 0 Å². The minimum absolute atomic E-state index is 0.0851. The predicted octanol–water partition coefficient (Wildman–Crippen LogP) is -0.238. The van der Waals surface area contributed by atoms with Crippen LogP contribution in [0.1, 0.15) is 13.3 Å². The maximum Gasteiger partial charge on any atom is 0.214 e. The van der Waals surface area contributed by atoms with E-state index >= 15 is 0 Å². The molecule has 0 aliphatic carbocycles. The van der Waals surface area contributed by atoms with Gasteiger partial charge in [0, 0.05) is 0 Å². The first-order chi connectivity index (χ1) is 10.8.